The summed E-state index contributed by atoms with van der Waals surface area (Å²) in [6.45, 7) is 0.330. The molecule has 0 spiro atoms. The summed E-state index contributed by atoms with van der Waals surface area (Å²) in [5.41, 5.74) is -1.31. The van der Waals surface area contributed by atoms with Crippen LogP contribution < -0.4 is 5.32 Å². The van der Waals surface area contributed by atoms with Crippen LogP contribution in [0.25, 0.3) is 0 Å². The molecule has 1 aliphatic rings. The van der Waals surface area contributed by atoms with E-state index in [1.165, 1.54) is 17.2 Å². The van der Waals surface area contributed by atoms with Crippen molar-refractivity contribution in [2.45, 2.75) is 25.1 Å². The highest BCUT2D eigenvalue weighted by Gasteiger charge is 2.44. The van der Waals surface area contributed by atoms with Gasteiger partial charge in [-0.1, -0.05) is 6.07 Å². The van der Waals surface area contributed by atoms with E-state index in [4.69, 9.17) is 4.42 Å². The minimum Gasteiger partial charge on any atom is -0.459 e. The maximum atomic E-state index is 15.1. The second-order valence-corrected chi connectivity index (χ2v) is 5.82. The van der Waals surface area contributed by atoms with Gasteiger partial charge in [-0.3, -0.25) is 14.6 Å². The Morgan fingerprint density at radius 3 is 2.96 bits per heavy atom. The first-order valence-corrected chi connectivity index (χ1v) is 7.77. The Hall–Kier alpha value is -2.70. The van der Waals surface area contributed by atoms with Crippen molar-refractivity contribution in [1.82, 2.24) is 15.2 Å². The van der Waals surface area contributed by atoms with Crippen LogP contribution >= 0.6 is 0 Å². The Kier molecular flexibility index (Phi) is 4.59. The van der Waals surface area contributed by atoms with Crippen LogP contribution in [0.3, 0.4) is 0 Å². The summed E-state index contributed by atoms with van der Waals surface area (Å²) in [7, 11) is 0. The largest absolute Gasteiger partial charge is 0.459 e. The van der Waals surface area contributed by atoms with Gasteiger partial charge in [-0.25, -0.2) is 4.39 Å². The van der Waals surface area contributed by atoms with Gasteiger partial charge in [0.25, 0.3) is 11.8 Å². The number of piperidine rings is 1. The normalized spacial score (nSPS) is 20.6. The van der Waals surface area contributed by atoms with Gasteiger partial charge < -0.3 is 14.6 Å². The fourth-order valence-corrected chi connectivity index (χ4v) is 2.77. The standard InChI is InChI=1S/C17H18FN3O3/c18-17(16(23)20-11-13-4-1-7-19-10-13)6-3-8-21(12-17)15(22)14-5-2-9-24-14/h1-2,4-5,7,9-10H,3,6,8,11-12H2,(H,20,23). The van der Waals surface area contributed by atoms with E-state index in [0.29, 0.717) is 13.0 Å². The first kappa shape index (κ1) is 16.2. The Morgan fingerprint density at radius 1 is 1.38 bits per heavy atom. The molecule has 1 N–H and O–H groups in total. The number of furan rings is 1. The lowest BCUT2D eigenvalue weighted by atomic mass is 9.93. The predicted octanol–water partition coefficient (Wildman–Crippen LogP) is 1.94. The molecule has 1 saturated heterocycles. The lowest BCUT2D eigenvalue weighted by molar-refractivity contribution is -0.136. The quantitative estimate of drug-likeness (QED) is 0.929. The van der Waals surface area contributed by atoms with Crippen LogP contribution in [0.1, 0.15) is 29.0 Å². The Morgan fingerprint density at radius 2 is 2.25 bits per heavy atom. The molecule has 0 aromatic carbocycles. The zero-order valence-corrected chi connectivity index (χ0v) is 13.1. The molecule has 0 radical (unpaired) electrons. The van der Waals surface area contributed by atoms with Gasteiger partial charge in [-0.2, -0.15) is 0 Å². The lowest BCUT2D eigenvalue weighted by Crippen LogP contribution is -2.55. The van der Waals surface area contributed by atoms with Crippen LogP contribution in [0.5, 0.6) is 0 Å². The van der Waals surface area contributed by atoms with Gasteiger partial charge in [0.05, 0.1) is 12.8 Å². The molecule has 0 bridgehead atoms. The third-order valence-electron chi connectivity index (χ3n) is 4.04. The van der Waals surface area contributed by atoms with Crippen molar-refractivity contribution in [3.63, 3.8) is 0 Å². The molecule has 1 fully saturated rings. The zero-order chi connectivity index (χ0) is 17.0. The maximum Gasteiger partial charge on any atom is 0.289 e. The van der Waals surface area contributed by atoms with Crippen LogP contribution in [0.15, 0.2) is 47.3 Å². The highest BCUT2D eigenvalue weighted by Crippen LogP contribution is 2.27. The van der Waals surface area contributed by atoms with Gasteiger partial charge in [0.1, 0.15) is 0 Å². The number of nitrogens with zero attached hydrogens (tertiary/aromatic N) is 2. The number of likely N-dealkylation sites (tertiary alicyclic amines) is 1. The Bertz CT molecular complexity index is 705. The molecule has 1 atom stereocenters. The number of rotatable bonds is 4. The molecule has 24 heavy (non-hydrogen) atoms. The third kappa shape index (κ3) is 3.45. The molecule has 2 aromatic heterocycles. The summed E-state index contributed by atoms with van der Waals surface area (Å²) in [5, 5.41) is 2.59. The van der Waals surface area contributed by atoms with E-state index in [2.05, 4.69) is 10.3 Å². The van der Waals surface area contributed by atoms with Crippen molar-refractivity contribution in [3.05, 3.63) is 54.2 Å². The van der Waals surface area contributed by atoms with Gasteiger partial charge in [0.15, 0.2) is 5.76 Å². The van der Waals surface area contributed by atoms with E-state index >= 15 is 4.39 Å². The molecule has 2 aromatic rings. The first-order valence-electron chi connectivity index (χ1n) is 7.77. The van der Waals surface area contributed by atoms with Gasteiger partial charge in [0.2, 0.25) is 5.67 Å². The number of hydrogen-bond acceptors (Lipinski definition) is 4. The van der Waals surface area contributed by atoms with Gasteiger partial charge in [0, 0.05) is 25.5 Å². The second kappa shape index (κ2) is 6.82. The molecular weight excluding hydrogens is 313 g/mol. The van der Waals surface area contributed by atoms with Crippen LogP contribution in [-0.4, -0.2) is 40.5 Å². The van der Waals surface area contributed by atoms with Crippen molar-refractivity contribution in [3.8, 4) is 0 Å². The van der Waals surface area contributed by atoms with Crippen LogP contribution in [-0.2, 0) is 11.3 Å². The van der Waals surface area contributed by atoms with E-state index < -0.39 is 17.5 Å². The molecule has 3 heterocycles. The molecule has 0 saturated carbocycles. The summed E-state index contributed by atoms with van der Waals surface area (Å²) < 4.78 is 20.1. The molecule has 126 valence electrons. The summed E-state index contributed by atoms with van der Waals surface area (Å²) in [5.74, 6) is -0.958. The van der Waals surface area contributed by atoms with Crippen molar-refractivity contribution in [2.75, 3.05) is 13.1 Å². The average Bonchev–Trinajstić information content (AvgIpc) is 3.14. The minimum atomic E-state index is -2.09. The molecule has 1 aliphatic heterocycles. The van der Waals surface area contributed by atoms with E-state index in [1.807, 2.05) is 0 Å². The van der Waals surface area contributed by atoms with Crippen LogP contribution in [0.2, 0.25) is 0 Å². The molecule has 1 unspecified atom stereocenters. The molecule has 3 rings (SSSR count). The fourth-order valence-electron chi connectivity index (χ4n) is 2.77. The Balaban J connectivity index is 1.63. The summed E-state index contributed by atoms with van der Waals surface area (Å²) >= 11 is 0. The topological polar surface area (TPSA) is 75.4 Å². The molecule has 7 heteroatoms. The van der Waals surface area contributed by atoms with E-state index in [0.717, 1.165) is 5.56 Å². The van der Waals surface area contributed by atoms with Gasteiger partial charge in [-0.05, 0) is 36.6 Å². The number of carbonyl (C=O) groups is 2. The molecule has 0 aliphatic carbocycles. The maximum absolute atomic E-state index is 15.1. The highest BCUT2D eigenvalue weighted by molar-refractivity contribution is 5.93. The van der Waals surface area contributed by atoms with Crippen molar-refractivity contribution < 1.29 is 18.4 Å². The molecule has 2 amide bonds. The van der Waals surface area contributed by atoms with Crippen molar-refractivity contribution in [1.29, 1.82) is 0 Å². The van der Waals surface area contributed by atoms with Crippen LogP contribution in [0.4, 0.5) is 4.39 Å². The van der Waals surface area contributed by atoms with Gasteiger partial charge in [-0.15, -0.1) is 0 Å². The van der Waals surface area contributed by atoms with Crippen LogP contribution in [0, 0.1) is 0 Å². The van der Waals surface area contributed by atoms with Crippen molar-refractivity contribution >= 4 is 11.8 Å². The number of alkyl halides is 1. The van der Waals surface area contributed by atoms with E-state index in [1.54, 1.807) is 30.6 Å². The summed E-state index contributed by atoms with van der Waals surface area (Å²) in [6.07, 6.45) is 5.14. The predicted molar refractivity (Wildman–Crippen MR) is 83.8 cm³/mol. The number of pyridine rings is 1. The zero-order valence-electron chi connectivity index (χ0n) is 13.1. The number of nitrogens with one attached hydrogen (secondary N) is 1. The minimum absolute atomic E-state index is 0.0911. The summed E-state index contributed by atoms with van der Waals surface area (Å²) in [6, 6.07) is 6.67. The van der Waals surface area contributed by atoms with Gasteiger partial charge >= 0.3 is 0 Å². The molecular formula is C17H18FN3O3. The monoisotopic (exact) mass is 331 g/mol. The van der Waals surface area contributed by atoms with Crippen molar-refractivity contribution in [2.24, 2.45) is 0 Å². The number of carbonyl (C=O) groups excluding carboxylic acids is 2. The highest BCUT2D eigenvalue weighted by atomic mass is 19.1. The third-order valence-corrected chi connectivity index (χ3v) is 4.04. The summed E-state index contributed by atoms with van der Waals surface area (Å²) in [4.78, 5) is 29.8. The number of aromatic nitrogens is 1. The second-order valence-electron chi connectivity index (χ2n) is 5.82. The van der Waals surface area contributed by atoms with E-state index in [9.17, 15) is 9.59 Å². The first-order chi connectivity index (χ1) is 11.6. The molecule has 6 nitrogen and oxygen atoms in total. The lowest BCUT2D eigenvalue weighted by Gasteiger charge is -2.35. The SMILES string of the molecule is O=C(c1ccco1)N1CCCC(F)(C(=O)NCc2cccnc2)C1. The number of hydrogen-bond donors (Lipinski definition) is 1. The number of halogens is 1. The smallest absolute Gasteiger partial charge is 0.289 e. The number of amides is 2. The fraction of sp³-hybridized carbons (Fsp3) is 0.353. The average molecular weight is 331 g/mol. The van der Waals surface area contributed by atoms with E-state index in [-0.39, 0.29) is 25.3 Å². The Labute approximate surface area is 138 Å².